The molecule has 0 heterocycles. The number of carbonyl (C=O) groups excluding carboxylic acids is 2. The summed E-state index contributed by atoms with van der Waals surface area (Å²) in [5, 5.41) is 0. The maximum Gasteiger partial charge on any atom is 0.330 e. The average Bonchev–Trinajstić information content (AvgIpc) is 2.40. The van der Waals surface area contributed by atoms with Crippen LogP contribution in [-0.4, -0.2) is 37.4 Å². The highest BCUT2D eigenvalue weighted by atomic mass is 16.6. The minimum atomic E-state index is -0.392. The van der Waals surface area contributed by atoms with E-state index in [2.05, 4.69) is 13.5 Å². The Labute approximate surface area is 121 Å². The van der Waals surface area contributed by atoms with Crippen LogP contribution in [0.3, 0.4) is 0 Å². The van der Waals surface area contributed by atoms with Crippen LogP contribution in [0.1, 0.15) is 40.5 Å². The van der Waals surface area contributed by atoms with E-state index in [1.54, 1.807) is 0 Å². The zero-order valence-corrected chi connectivity index (χ0v) is 12.9. The van der Waals surface area contributed by atoms with Gasteiger partial charge >= 0.3 is 11.9 Å². The van der Waals surface area contributed by atoms with Crippen molar-refractivity contribution in [3.8, 4) is 0 Å². The van der Waals surface area contributed by atoms with Gasteiger partial charge in [-0.05, 0) is 32.6 Å². The molecule has 0 aromatic carbocycles. The predicted octanol–water partition coefficient (Wildman–Crippen LogP) is 2.49. The van der Waals surface area contributed by atoms with Gasteiger partial charge in [0.2, 0.25) is 0 Å². The Morgan fingerprint density at radius 3 is 2.30 bits per heavy atom. The summed E-state index contributed by atoms with van der Waals surface area (Å²) in [5.74, 6) is -0.345. The second kappa shape index (κ2) is 10.4. The SMILES string of the molecule is C=CC(=O)OC(C)CCC(C)COC(C)COC(C)=O. The van der Waals surface area contributed by atoms with Crippen molar-refractivity contribution in [1.29, 1.82) is 0 Å². The lowest BCUT2D eigenvalue weighted by Crippen LogP contribution is -2.21. The molecule has 5 nitrogen and oxygen atoms in total. The third-order valence-corrected chi connectivity index (χ3v) is 2.74. The first-order valence-electron chi connectivity index (χ1n) is 6.93. The van der Waals surface area contributed by atoms with Crippen LogP contribution in [0.25, 0.3) is 0 Å². The number of carbonyl (C=O) groups is 2. The highest BCUT2D eigenvalue weighted by Crippen LogP contribution is 2.12. The molecule has 0 spiro atoms. The minimum Gasteiger partial charge on any atom is -0.463 e. The van der Waals surface area contributed by atoms with Gasteiger partial charge in [0, 0.05) is 19.6 Å². The molecule has 0 saturated heterocycles. The van der Waals surface area contributed by atoms with E-state index in [4.69, 9.17) is 14.2 Å². The van der Waals surface area contributed by atoms with E-state index >= 15 is 0 Å². The quantitative estimate of drug-likeness (QED) is 0.456. The Morgan fingerprint density at radius 1 is 1.10 bits per heavy atom. The van der Waals surface area contributed by atoms with Gasteiger partial charge in [0.1, 0.15) is 6.61 Å². The van der Waals surface area contributed by atoms with E-state index in [-0.39, 0.29) is 24.8 Å². The van der Waals surface area contributed by atoms with Gasteiger partial charge in [-0.15, -0.1) is 0 Å². The van der Waals surface area contributed by atoms with E-state index in [1.807, 2.05) is 13.8 Å². The zero-order valence-electron chi connectivity index (χ0n) is 12.9. The normalized spacial score (nSPS) is 15.0. The van der Waals surface area contributed by atoms with Crippen LogP contribution in [-0.2, 0) is 23.8 Å². The smallest absolute Gasteiger partial charge is 0.330 e. The Kier molecular flexibility index (Phi) is 9.72. The zero-order chi connectivity index (χ0) is 15.5. The van der Waals surface area contributed by atoms with E-state index in [0.29, 0.717) is 12.5 Å². The maximum absolute atomic E-state index is 11.0. The number of rotatable bonds is 10. The van der Waals surface area contributed by atoms with Gasteiger partial charge in [0.05, 0.1) is 12.2 Å². The molecule has 3 unspecified atom stereocenters. The van der Waals surface area contributed by atoms with Crippen LogP contribution in [0.4, 0.5) is 0 Å². The van der Waals surface area contributed by atoms with E-state index < -0.39 is 5.97 Å². The van der Waals surface area contributed by atoms with E-state index in [9.17, 15) is 9.59 Å². The molecule has 20 heavy (non-hydrogen) atoms. The molecule has 0 fully saturated rings. The standard InChI is InChI=1S/C15H26O5/c1-6-15(17)20-12(3)8-7-11(2)9-18-13(4)10-19-14(5)16/h6,11-13H,1,7-10H2,2-5H3. The fourth-order valence-electron chi connectivity index (χ4n) is 1.52. The number of hydrogen-bond acceptors (Lipinski definition) is 5. The molecule has 0 aromatic heterocycles. The van der Waals surface area contributed by atoms with Crippen molar-refractivity contribution >= 4 is 11.9 Å². The van der Waals surface area contributed by atoms with Gasteiger partial charge in [-0.3, -0.25) is 4.79 Å². The van der Waals surface area contributed by atoms with Crippen LogP contribution in [0.15, 0.2) is 12.7 Å². The van der Waals surface area contributed by atoms with Crippen molar-refractivity contribution < 1.29 is 23.8 Å². The van der Waals surface area contributed by atoms with E-state index in [0.717, 1.165) is 12.8 Å². The molecule has 116 valence electrons. The molecule has 0 aliphatic carbocycles. The summed E-state index contributed by atoms with van der Waals surface area (Å²) >= 11 is 0. The monoisotopic (exact) mass is 286 g/mol. The van der Waals surface area contributed by atoms with E-state index in [1.165, 1.54) is 13.0 Å². The fraction of sp³-hybridized carbons (Fsp3) is 0.733. The second-order valence-electron chi connectivity index (χ2n) is 5.08. The van der Waals surface area contributed by atoms with Gasteiger partial charge in [-0.1, -0.05) is 13.5 Å². The van der Waals surface area contributed by atoms with Crippen LogP contribution in [0, 0.1) is 5.92 Å². The van der Waals surface area contributed by atoms with Crippen molar-refractivity contribution in [3.05, 3.63) is 12.7 Å². The second-order valence-corrected chi connectivity index (χ2v) is 5.08. The van der Waals surface area contributed by atoms with Crippen molar-refractivity contribution in [2.45, 2.75) is 52.7 Å². The molecule has 0 saturated carbocycles. The van der Waals surface area contributed by atoms with Gasteiger partial charge in [0.15, 0.2) is 0 Å². The van der Waals surface area contributed by atoms with Crippen molar-refractivity contribution in [2.24, 2.45) is 5.92 Å². The van der Waals surface area contributed by atoms with Crippen LogP contribution >= 0.6 is 0 Å². The molecular formula is C15H26O5. The molecular weight excluding hydrogens is 260 g/mol. The molecule has 0 amide bonds. The molecule has 0 bridgehead atoms. The highest BCUT2D eigenvalue weighted by molar-refractivity contribution is 5.81. The molecule has 0 radical (unpaired) electrons. The van der Waals surface area contributed by atoms with Gasteiger partial charge < -0.3 is 14.2 Å². The summed E-state index contributed by atoms with van der Waals surface area (Å²) in [7, 11) is 0. The van der Waals surface area contributed by atoms with Gasteiger partial charge in [-0.2, -0.15) is 0 Å². The molecule has 3 atom stereocenters. The topological polar surface area (TPSA) is 61.8 Å². The van der Waals surface area contributed by atoms with Gasteiger partial charge in [0.25, 0.3) is 0 Å². The van der Waals surface area contributed by atoms with Crippen molar-refractivity contribution in [3.63, 3.8) is 0 Å². The largest absolute Gasteiger partial charge is 0.463 e. The highest BCUT2D eigenvalue weighted by Gasteiger charge is 2.11. The third-order valence-electron chi connectivity index (χ3n) is 2.74. The Hall–Kier alpha value is -1.36. The first kappa shape index (κ1) is 18.6. The van der Waals surface area contributed by atoms with Crippen LogP contribution in [0.2, 0.25) is 0 Å². The molecule has 0 N–H and O–H groups in total. The van der Waals surface area contributed by atoms with Crippen LogP contribution in [0.5, 0.6) is 0 Å². The number of esters is 2. The summed E-state index contributed by atoms with van der Waals surface area (Å²) in [5.41, 5.74) is 0. The summed E-state index contributed by atoms with van der Waals surface area (Å²) in [4.78, 5) is 21.7. The molecule has 0 rings (SSSR count). The molecule has 0 aliphatic heterocycles. The number of hydrogen-bond donors (Lipinski definition) is 0. The summed E-state index contributed by atoms with van der Waals surface area (Å²) in [6.07, 6.45) is 2.60. The Bertz CT molecular complexity index is 313. The summed E-state index contributed by atoms with van der Waals surface area (Å²) in [6, 6.07) is 0. The first-order valence-corrected chi connectivity index (χ1v) is 6.93. The number of ether oxygens (including phenoxy) is 3. The van der Waals surface area contributed by atoms with Crippen LogP contribution < -0.4 is 0 Å². The van der Waals surface area contributed by atoms with Gasteiger partial charge in [-0.25, -0.2) is 4.79 Å². The third kappa shape index (κ3) is 10.6. The lowest BCUT2D eigenvalue weighted by molar-refractivity contribution is -0.145. The Morgan fingerprint density at radius 2 is 1.75 bits per heavy atom. The predicted molar refractivity (Wildman–Crippen MR) is 76.2 cm³/mol. The molecule has 0 aliphatic rings. The lowest BCUT2D eigenvalue weighted by atomic mass is 10.0. The molecule has 5 heteroatoms. The Balaban J connectivity index is 3.72. The van der Waals surface area contributed by atoms with Crippen molar-refractivity contribution in [2.75, 3.05) is 13.2 Å². The first-order chi connectivity index (χ1) is 9.35. The summed E-state index contributed by atoms with van der Waals surface area (Å²) < 4.78 is 15.5. The average molecular weight is 286 g/mol. The molecule has 0 aromatic rings. The minimum absolute atomic E-state index is 0.114. The van der Waals surface area contributed by atoms with Crippen molar-refractivity contribution in [1.82, 2.24) is 0 Å². The fourth-order valence-corrected chi connectivity index (χ4v) is 1.52. The maximum atomic E-state index is 11.0. The lowest BCUT2D eigenvalue weighted by Gasteiger charge is -2.18. The summed E-state index contributed by atoms with van der Waals surface area (Å²) in [6.45, 7) is 11.4.